The third-order valence-electron chi connectivity index (χ3n) is 3.74. The predicted octanol–water partition coefficient (Wildman–Crippen LogP) is 1.97. The van der Waals surface area contributed by atoms with E-state index in [-0.39, 0.29) is 23.7 Å². The second-order valence-corrected chi connectivity index (χ2v) is 5.62. The fraction of sp³-hybridized carbons (Fsp3) is 0.562. The Morgan fingerprint density at radius 2 is 1.90 bits per heavy atom. The molecule has 1 atom stereocenters. The summed E-state index contributed by atoms with van der Waals surface area (Å²) in [5, 5.41) is 2.98. The Morgan fingerprint density at radius 1 is 1.29 bits per heavy atom. The smallest absolute Gasteiger partial charge is 0.222 e. The molecule has 1 aliphatic heterocycles. The molecule has 21 heavy (non-hydrogen) atoms. The zero-order valence-electron chi connectivity index (χ0n) is 12.6. The van der Waals surface area contributed by atoms with Crippen molar-refractivity contribution >= 4 is 5.91 Å². The number of rotatable bonds is 5. The van der Waals surface area contributed by atoms with Gasteiger partial charge in [0.05, 0.1) is 19.3 Å². The molecule has 116 valence electrons. The van der Waals surface area contributed by atoms with E-state index in [0.29, 0.717) is 19.8 Å². The summed E-state index contributed by atoms with van der Waals surface area (Å²) in [6, 6.07) is 6.56. The Bertz CT molecular complexity index is 456. The molecule has 1 heterocycles. The summed E-state index contributed by atoms with van der Waals surface area (Å²) >= 11 is 0. The fourth-order valence-electron chi connectivity index (χ4n) is 2.43. The summed E-state index contributed by atoms with van der Waals surface area (Å²) in [5.41, 5.74) is 1.02. The van der Waals surface area contributed by atoms with Crippen LogP contribution in [0.15, 0.2) is 24.3 Å². The quantitative estimate of drug-likeness (QED) is 0.903. The first-order valence-corrected chi connectivity index (χ1v) is 7.43. The van der Waals surface area contributed by atoms with Gasteiger partial charge in [-0.3, -0.25) is 9.69 Å². The number of carbonyl (C=O) groups excluding carboxylic acids is 1. The summed E-state index contributed by atoms with van der Waals surface area (Å²) in [4.78, 5) is 14.1. The van der Waals surface area contributed by atoms with Crippen LogP contribution in [-0.2, 0) is 9.53 Å². The van der Waals surface area contributed by atoms with E-state index < -0.39 is 0 Å². The first-order valence-electron chi connectivity index (χ1n) is 7.43. The molecule has 1 aromatic rings. The summed E-state index contributed by atoms with van der Waals surface area (Å²) in [7, 11) is 0. The number of ether oxygens (including phenoxy) is 1. The van der Waals surface area contributed by atoms with Crippen LogP contribution in [-0.4, -0.2) is 43.7 Å². The Kier molecular flexibility index (Phi) is 5.70. The van der Waals surface area contributed by atoms with Gasteiger partial charge in [0.15, 0.2) is 0 Å². The highest BCUT2D eigenvalue weighted by Gasteiger charge is 2.23. The van der Waals surface area contributed by atoms with Crippen LogP contribution in [0.4, 0.5) is 4.39 Å². The normalized spacial score (nSPS) is 17.7. The minimum Gasteiger partial charge on any atom is -0.379 e. The van der Waals surface area contributed by atoms with Crippen molar-refractivity contribution in [3.8, 4) is 0 Å². The molecule has 0 spiro atoms. The Labute approximate surface area is 125 Å². The van der Waals surface area contributed by atoms with Gasteiger partial charge in [-0.15, -0.1) is 0 Å². The van der Waals surface area contributed by atoms with Crippen molar-refractivity contribution in [1.29, 1.82) is 0 Å². The Morgan fingerprint density at radius 3 is 2.48 bits per heavy atom. The number of nitrogens with one attached hydrogen (secondary N) is 1. The third kappa shape index (κ3) is 4.51. The molecule has 2 rings (SSSR count). The zero-order valence-corrected chi connectivity index (χ0v) is 12.6. The first kappa shape index (κ1) is 15.9. The Hall–Kier alpha value is -1.46. The third-order valence-corrected chi connectivity index (χ3v) is 3.74. The van der Waals surface area contributed by atoms with Crippen molar-refractivity contribution in [3.63, 3.8) is 0 Å². The van der Waals surface area contributed by atoms with E-state index in [0.717, 1.165) is 18.7 Å². The van der Waals surface area contributed by atoms with E-state index in [1.165, 1.54) is 12.1 Å². The van der Waals surface area contributed by atoms with Gasteiger partial charge in [0.25, 0.3) is 0 Å². The van der Waals surface area contributed by atoms with E-state index in [9.17, 15) is 9.18 Å². The monoisotopic (exact) mass is 294 g/mol. The van der Waals surface area contributed by atoms with Crippen LogP contribution in [0, 0.1) is 11.7 Å². The van der Waals surface area contributed by atoms with Gasteiger partial charge in [0, 0.05) is 25.6 Å². The van der Waals surface area contributed by atoms with Crippen LogP contribution in [0.25, 0.3) is 0 Å². The van der Waals surface area contributed by atoms with E-state index in [2.05, 4.69) is 10.2 Å². The molecule has 0 radical (unpaired) electrons. The molecule has 1 fully saturated rings. The lowest BCUT2D eigenvalue weighted by molar-refractivity contribution is -0.124. The summed E-state index contributed by atoms with van der Waals surface area (Å²) in [5.74, 6) is -0.246. The maximum Gasteiger partial charge on any atom is 0.222 e. The molecule has 0 aromatic heterocycles. The van der Waals surface area contributed by atoms with Crippen LogP contribution < -0.4 is 5.32 Å². The molecule has 1 saturated heterocycles. The molecule has 1 N–H and O–H groups in total. The van der Waals surface area contributed by atoms with Gasteiger partial charge in [-0.2, -0.15) is 0 Å². The van der Waals surface area contributed by atoms with Crippen LogP contribution in [0.3, 0.4) is 0 Å². The summed E-state index contributed by atoms with van der Waals surface area (Å²) in [6.45, 7) is 7.29. The molecule has 5 heteroatoms. The van der Waals surface area contributed by atoms with Crippen molar-refractivity contribution in [2.24, 2.45) is 5.92 Å². The van der Waals surface area contributed by atoms with Crippen molar-refractivity contribution in [3.05, 3.63) is 35.6 Å². The number of amides is 1. The topological polar surface area (TPSA) is 41.6 Å². The number of nitrogens with zero attached hydrogens (tertiary/aromatic N) is 1. The van der Waals surface area contributed by atoms with Gasteiger partial charge >= 0.3 is 0 Å². The summed E-state index contributed by atoms with van der Waals surface area (Å²) in [6.07, 6.45) is 0. The van der Waals surface area contributed by atoms with E-state index in [1.54, 1.807) is 12.1 Å². The van der Waals surface area contributed by atoms with Crippen LogP contribution in [0.5, 0.6) is 0 Å². The minimum absolute atomic E-state index is 0.0374. The highest BCUT2D eigenvalue weighted by molar-refractivity contribution is 5.77. The summed E-state index contributed by atoms with van der Waals surface area (Å²) < 4.78 is 18.5. The van der Waals surface area contributed by atoms with Crippen molar-refractivity contribution in [2.45, 2.75) is 19.9 Å². The number of carbonyl (C=O) groups is 1. The zero-order chi connectivity index (χ0) is 15.2. The number of hydrogen-bond donors (Lipinski definition) is 1. The first-order chi connectivity index (χ1) is 10.1. The van der Waals surface area contributed by atoms with Gasteiger partial charge < -0.3 is 10.1 Å². The lowest BCUT2D eigenvalue weighted by Gasteiger charge is -2.35. The average molecular weight is 294 g/mol. The number of halogens is 1. The maximum absolute atomic E-state index is 13.1. The molecule has 1 aliphatic rings. The number of morpholine rings is 1. The molecule has 4 nitrogen and oxygen atoms in total. The SMILES string of the molecule is CC(C)C(=O)NC[C@H](c1ccc(F)cc1)N1CCOCC1. The van der Waals surface area contributed by atoms with Gasteiger partial charge in [0.1, 0.15) is 5.82 Å². The van der Waals surface area contributed by atoms with Crippen molar-refractivity contribution < 1.29 is 13.9 Å². The van der Waals surface area contributed by atoms with Gasteiger partial charge in [0.2, 0.25) is 5.91 Å². The van der Waals surface area contributed by atoms with E-state index in [4.69, 9.17) is 4.74 Å². The molecular weight excluding hydrogens is 271 g/mol. The standard InChI is InChI=1S/C16H23FN2O2/c1-12(2)16(20)18-11-15(19-7-9-21-10-8-19)13-3-5-14(17)6-4-13/h3-6,12,15H,7-11H2,1-2H3,(H,18,20)/t15-/m1/s1. The molecule has 1 aromatic carbocycles. The van der Waals surface area contributed by atoms with Crippen LogP contribution in [0.2, 0.25) is 0 Å². The van der Waals surface area contributed by atoms with E-state index >= 15 is 0 Å². The lowest BCUT2D eigenvalue weighted by atomic mass is 10.0. The fourth-order valence-corrected chi connectivity index (χ4v) is 2.43. The van der Waals surface area contributed by atoms with Crippen molar-refractivity contribution in [1.82, 2.24) is 10.2 Å². The predicted molar refractivity (Wildman–Crippen MR) is 79.4 cm³/mol. The molecule has 0 unspecified atom stereocenters. The lowest BCUT2D eigenvalue weighted by Crippen LogP contribution is -2.44. The number of benzene rings is 1. The van der Waals surface area contributed by atoms with Crippen LogP contribution >= 0.6 is 0 Å². The molecule has 0 aliphatic carbocycles. The maximum atomic E-state index is 13.1. The second kappa shape index (κ2) is 7.52. The molecule has 0 bridgehead atoms. The number of hydrogen-bond acceptors (Lipinski definition) is 3. The van der Waals surface area contributed by atoms with Gasteiger partial charge in [-0.1, -0.05) is 26.0 Å². The van der Waals surface area contributed by atoms with E-state index in [1.807, 2.05) is 13.8 Å². The highest BCUT2D eigenvalue weighted by atomic mass is 19.1. The Balaban J connectivity index is 2.09. The molecule has 1 amide bonds. The minimum atomic E-state index is -0.245. The average Bonchev–Trinajstić information content (AvgIpc) is 2.50. The van der Waals surface area contributed by atoms with Crippen LogP contribution in [0.1, 0.15) is 25.5 Å². The van der Waals surface area contributed by atoms with Gasteiger partial charge in [-0.25, -0.2) is 4.39 Å². The second-order valence-electron chi connectivity index (χ2n) is 5.62. The molecular formula is C16H23FN2O2. The highest BCUT2D eigenvalue weighted by Crippen LogP contribution is 2.21. The van der Waals surface area contributed by atoms with Crippen molar-refractivity contribution in [2.75, 3.05) is 32.8 Å². The van der Waals surface area contributed by atoms with Gasteiger partial charge in [-0.05, 0) is 17.7 Å². The molecule has 0 saturated carbocycles. The largest absolute Gasteiger partial charge is 0.379 e.